The van der Waals surface area contributed by atoms with Gasteiger partial charge in [-0.15, -0.1) is 10.2 Å². The van der Waals surface area contributed by atoms with E-state index >= 15 is 0 Å². The van der Waals surface area contributed by atoms with Gasteiger partial charge in [-0.3, -0.25) is 0 Å². The Hall–Kier alpha value is -3.00. The Labute approximate surface area is 161 Å². The van der Waals surface area contributed by atoms with Gasteiger partial charge >= 0.3 is 0 Å². The van der Waals surface area contributed by atoms with Gasteiger partial charge in [0.15, 0.2) is 17.3 Å². The summed E-state index contributed by atoms with van der Waals surface area (Å²) in [5, 5.41) is 14.1. The molecule has 0 amide bonds. The average Bonchev–Trinajstić information content (AvgIpc) is 3.16. The number of fused-ring (bicyclic) bond motifs is 1. The topological polar surface area (TPSA) is 70.8 Å². The van der Waals surface area contributed by atoms with Crippen LogP contribution in [0.25, 0.3) is 11.4 Å². The van der Waals surface area contributed by atoms with Gasteiger partial charge in [0, 0.05) is 16.9 Å². The van der Waals surface area contributed by atoms with Crippen LogP contribution in [0.15, 0.2) is 52.7 Å². The van der Waals surface area contributed by atoms with E-state index in [1.165, 1.54) is 0 Å². The van der Waals surface area contributed by atoms with Crippen molar-refractivity contribution in [1.29, 1.82) is 0 Å². The summed E-state index contributed by atoms with van der Waals surface area (Å²) in [4.78, 5) is 0. The Bertz CT molecular complexity index is 1020. The standard InChI is InChI=1S/C19H18N4O3S/c1-24-14-6-4-5-13(9-14)18-20-21-19-23(18)22-15(11-27-19)12-7-8-16(25-2)17(10-12)26-3/h4-10H,11H2,1-3H3. The minimum Gasteiger partial charge on any atom is -0.497 e. The van der Waals surface area contributed by atoms with Crippen LogP contribution in [-0.2, 0) is 0 Å². The summed E-state index contributed by atoms with van der Waals surface area (Å²) < 4.78 is 17.8. The van der Waals surface area contributed by atoms with Crippen LogP contribution in [0.4, 0.5) is 0 Å². The molecule has 0 unspecified atom stereocenters. The van der Waals surface area contributed by atoms with Gasteiger partial charge in [-0.1, -0.05) is 23.9 Å². The molecular weight excluding hydrogens is 364 g/mol. The van der Waals surface area contributed by atoms with Crippen molar-refractivity contribution in [3.63, 3.8) is 0 Å². The van der Waals surface area contributed by atoms with E-state index in [-0.39, 0.29) is 0 Å². The van der Waals surface area contributed by atoms with Crippen molar-refractivity contribution < 1.29 is 14.2 Å². The van der Waals surface area contributed by atoms with E-state index in [2.05, 4.69) is 10.2 Å². The van der Waals surface area contributed by atoms with Crippen LogP contribution in [0, 0.1) is 0 Å². The third-order valence-electron chi connectivity index (χ3n) is 4.22. The number of hydrogen-bond donors (Lipinski definition) is 0. The molecule has 3 aromatic rings. The van der Waals surface area contributed by atoms with E-state index in [0.29, 0.717) is 23.1 Å². The molecule has 8 heteroatoms. The maximum Gasteiger partial charge on any atom is 0.212 e. The number of ether oxygens (including phenoxy) is 3. The number of benzene rings is 2. The first-order chi connectivity index (χ1) is 13.2. The Morgan fingerprint density at radius 3 is 2.52 bits per heavy atom. The number of thioether (sulfide) groups is 1. The second-order valence-electron chi connectivity index (χ2n) is 5.76. The van der Waals surface area contributed by atoms with Crippen LogP contribution in [0.1, 0.15) is 5.56 Å². The van der Waals surface area contributed by atoms with E-state index in [1.54, 1.807) is 37.8 Å². The molecule has 0 N–H and O–H groups in total. The molecule has 0 aliphatic carbocycles. The maximum atomic E-state index is 5.41. The first-order valence-electron chi connectivity index (χ1n) is 8.26. The molecule has 27 heavy (non-hydrogen) atoms. The molecule has 4 rings (SSSR count). The van der Waals surface area contributed by atoms with E-state index < -0.39 is 0 Å². The fourth-order valence-corrected chi connectivity index (χ4v) is 3.67. The first-order valence-corrected chi connectivity index (χ1v) is 9.25. The Balaban J connectivity index is 1.76. The monoisotopic (exact) mass is 382 g/mol. The van der Waals surface area contributed by atoms with Crippen LogP contribution in [0.5, 0.6) is 17.2 Å². The summed E-state index contributed by atoms with van der Waals surface area (Å²) in [6, 6.07) is 13.5. The molecule has 7 nitrogen and oxygen atoms in total. The molecule has 138 valence electrons. The fourth-order valence-electron chi connectivity index (χ4n) is 2.83. The van der Waals surface area contributed by atoms with Crippen molar-refractivity contribution in [2.45, 2.75) is 5.16 Å². The Morgan fingerprint density at radius 1 is 0.889 bits per heavy atom. The van der Waals surface area contributed by atoms with Crippen LogP contribution in [-0.4, -0.2) is 47.7 Å². The minimum absolute atomic E-state index is 0.672. The number of methoxy groups -OCH3 is 3. The van der Waals surface area contributed by atoms with Crippen molar-refractivity contribution >= 4 is 17.5 Å². The average molecular weight is 382 g/mol. The van der Waals surface area contributed by atoms with Gasteiger partial charge in [-0.05, 0) is 30.3 Å². The highest BCUT2D eigenvalue weighted by Crippen LogP contribution is 2.32. The van der Waals surface area contributed by atoms with Gasteiger partial charge in [0.2, 0.25) is 5.16 Å². The van der Waals surface area contributed by atoms with Crippen molar-refractivity contribution in [2.24, 2.45) is 5.10 Å². The van der Waals surface area contributed by atoms with Crippen LogP contribution in [0.2, 0.25) is 0 Å². The van der Waals surface area contributed by atoms with Gasteiger partial charge in [0.1, 0.15) is 5.75 Å². The van der Waals surface area contributed by atoms with E-state index in [1.807, 2.05) is 42.5 Å². The molecular formula is C19H18N4O3S. The lowest BCUT2D eigenvalue weighted by atomic mass is 10.1. The van der Waals surface area contributed by atoms with Crippen molar-refractivity contribution in [2.75, 3.05) is 27.1 Å². The molecule has 2 heterocycles. The normalized spacial score (nSPS) is 12.9. The minimum atomic E-state index is 0.672. The highest BCUT2D eigenvalue weighted by Gasteiger charge is 2.21. The second-order valence-corrected chi connectivity index (χ2v) is 6.70. The summed E-state index contributed by atoms with van der Waals surface area (Å²) in [7, 11) is 4.88. The van der Waals surface area contributed by atoms with E-state index in [0.717, 1.165) is 27.7 Å². The SMILES string of the molecule is COc1cccc(-c2nnc3n2N=C(c2ccc(OC)c(OC)c2)CS3)c1. The Morgan fingerprint density at radius 2 is 1.74 bits per heavy atom. The van der Waals surface area contributed by atoms with E-state index in [4.69, 9.17) is 19.3 Å². The van der Waals surface area contributed by atoms with Crippen molar-refractivity contribution in [3.05, 3.63) is 48.0 Å². The summed E-state index contributed by atoms with van der Waals surface area (Å²) in [5.74, 6) is 3.50. The predicted octanol–water partition coefficient (Wildman–Crippen LogP) is 3.33. The Kier molecular flexibility index (Phi) is 4.72. The van der Waals surface area contributed by atoms with Gasteiger partial charge in [-0.25, -0.2) is 0 Å². The zero-order chi connectivity index (χ0) is 18.8. The summed E-state index contributed by atoms with van der Waals surface area (Å²) in [6.45, 7) is 0. The molecule has 1 aromatic heterocycles. The van der Waals surface area contributed by atoms with Gasteiger partial charge in [0.25, 0.3) is 0 Å². The van der Waals surface area contributed by atoms with Crippen LogP contribution < -0.4 is 14.2 Å². The fraction of sp³-hybridized carbons (Fsp3) is 0.211. The lowest BCUT2D eigenvalue weighted by molar-refractivity contribution is 0.355. The molecule has 2 aromatic carbocycles. The highest BCUT2D eigenvalue weighted by molar-refractivity contribution is 7.99. The van der Waals surface area contributed by atoms with Crippen LogP contribution in [0.3, 0.4) is 0 Å². The van der Waals surface area contributed by atoms with Gasteiger partial charge < -0.3 is 14.2 Å². The van der Waals surface area contributed by atoms with Gasteiger partial charge in [0.05, 0.1) is 27.0 Å². The summed E-state index contributed by atoms with van der Waals surface area (Å²) in [6.07, 6.45) is 0. The number of rotatable bonds is 5. The third kappa shape index (κ3) is 3.23. The molecule has 0 saturated heterocycles. The zero-order valence-electron chi connectivity index (χ0n) is 15.2. The van der Waals surface area contributed by atoms with Gasteiger partial charge in [-0.2, -0.15) is 9.78 Å². The molecule has 0 atom stereocenters. The summed E-state index contributed by atoms with van der Waals surface area (Å²) in [5.41, 5.74) is 2.78. The predicted molar refractivity (Wildman–Crippen MR) is 104 cm³/mol. The van der Waals surface area contributed by atoms with Crippen LogP contribution >= 0.6 is 11.8 Å². The molecule has 0 fully saturated rings. The van der Waals surface area contributed by atoms with E-state index in [9.17, 15) is 0 Å². The molecule has 1 aliphatic rings. The first kappa shape index (κ1) is 17.4. The molecule has 1 aliphatic heterocycles. The number of hydrogen-bond acceptors (Lipinski definition) is 7. The third-order valence-corrected chi connectivity index (χ3v) is 5.15. The number of nitrogens with zero attached hydrogens (tertiary/aromatic N) is 4. The lowest BCUT2D eigenvalue weighted by Gasteiger charge is -2.15. The molecule has 0 radical (unpaired) electrons. The maximum absolute atomic E-state index is 5.41. The summed E-state index contributed by atoms with van der Waals surface area (Å²) >= 11 is 1.60. The molecule has 0 spiro atoms. The highest BCUT2D eigenvalue weighted by atomic mass is 32.2. The second kappa shape index (κ2) is 7.32. The van der Waals surface area contributed by atoms with Crippen molar-refractivity contribution in [3.8, 4) is 28.6 Å². The lowest BCUT2D eigenvalue weighted by Crippen LogP contribution is -2.14. The molecule has 0 saturated carbocycles. The zero-order valence-corrected chi connectivity index (χ0v) is 16.0. The molecule has 0 bridgehead atoms. The smallest absolute Gasteiger partial charge is 0.212 e. The largest absolute Gasteiger partial charge is 0.497 e. The van der Waals surface area contributed by atoms with Crippen molar-refractivity contribution in [1.82, 2.24) is 14.9 Å². The quantitative estimate of drug-likeness (QED) is 0.674. The number of aromatic nitrogens is 3.